The predicted octanol–water partition coefficient (Wildman–Crippen LogP) is 2.64. The van der Waals surface area contributed by atoms with Gasteiger partial charge in [-0.1, -0.05) is 6.07 Å². The molecule has 3 amide bonds. The zero-order valence-electron chi connectivity index (χ0n) is 21.8. The van der Waals surface area contributed by atoms with Gasteiger partial charge >= 0.3 is 6.09 Å². The molecule has 0 saturated carbocycles. The Balaban J connectivity index is 1.67. The summed E-state index contributed by atoms with van der Waals surface area (Å²) in [6.45, 7) is 6.30. The maximum absolute atomic E-state index is 14.0. The van der Waals surface area contributed by atoms with Crippen LogP contribution in [0.25, 0.3) is 0 Å². The average Bonchev–Trinajstić information content (AvgIpc) is 2.85. The Hall–Kier alpha value is -4.35. The number of aromatic nitrogens is 1. The molecular formula is C26H32FN5O6. The van der Waals surface area contributed by atoms with Gasteiger partial charge in [0.05, 0.1) is 25.5 Å². The Morgan fingerprint density at radius 1 is 1.21 bits per heavy atom. The molecule has 2 aromatic rings. The highest BCUT2D eigenvalue weighted by Gasteiger charge is 2.27. The monoisotopic (exact) mass is 529 g/mol. The third kappa shape index (κ3) is 7.82. The highest BCUT2D eigenvalue weighted by Crippen LogP contribution is 2.28. The average molecular weight is 530 g/mol. The van der Waals surface area contributed by atoms with Crippen molar-refractivity contribution in [1.29, 1.82) is 0 Å². The number of alkyl carbamates (subject to hydrolysis) is 1. The molecule has 38 heavy (non-hydrogen) atoms. The number of ether oxygens (including phenoxy) is 3. The standard InChI is InChI=1S/C26H32FN5O6/c1-26(2,3)38-25(35)30-12-13-37-20-15-28-10-8-16(20)14-31-18-9-11-29-23(33)21(18)24(34)32-19-7-5-6-17(27)22(19)36-4/h5-8,10,15,31H,9,11-14H2,1-4H3,(H,29,33)(H,30,35)(H,32,34). The van der Waals surface area contributed by atoms with Gasteiger partial charge in [0.1, 0.15) is 23.5 Å². The van der Waals surface area contributed by atoms with E-state index in [9.17, 15) is 18.8 Å². The van der Waals surface area contributed by atoms with Gasteiger partial charge in [-0.05, 0) is 39.0 Å². The van der Waals surface area contributed by atoms with Crippen LogP contribution in [0.4, 0.5) is 14.9 Å². The van der Waals surface area contributed by atoms with Gasteiger partial charge in [-0.25, -0.2) is 9.18 Å². The number of anilines is 1. The van der Waals surface area contributed by atoms with Crippen LogP contribution in [0.5, 0.6) is 11.5 Å². The normalized spacial score (nSPS) is 13.3. The molecule has 3 rings (SSSR count). The summed E-state index contributed by atoms with van der Waals surface area (Å²) >= 11 is 0. The first-order chi connectivity index (χ1) is 18.1. The van der Waals surface area contributed by atoms with E-state index in [1.54, 1.807) is 33.0 Å². The number of methoxy groups -OCH3 is 1. The van der Waals surface area contributed by atoms with E-state index in [2.05, 4.69) is 26.3 Å². The summed E-state index contributed by atoms with van der Waals surface area (Å²) in [4.78, 5) is 41.5. The largest absolute Gasteiger partial charge is 0.492 e. The number of carbonyl (C=O) groups excluding carboxylic acids is 3. The Bertz CT molecular complexity index is 1210. The summed E-state index contributed by atoms with van der Waals surface area (Å²) in [6, 6.07) is 5.85. The van der Waals surface area contributed by atoms with Crippen molar-refractivity contribution in [3.63, 3.8) is 0 Å². The predicted molar refractivity (Wildman–Crippen MR) is 137 cm³/mol. The van der Waals surface area contributed by atoms with Crippen LogP contribution in [-0.4, -0.2) is 55.3 Å². The quantitative estimate of drug-likeness (QED) is 0.272. The molecule has 1 aromatic carbocycles. The number of nitrogens with zero attached hydrogens (tertiary/aromatic N) is 1. The number of rotatable bonds is 10. The number of hydrogen-bond donors (Lipinski definition) is 4. The number of halogens is 1. The van der Waals surface area contributed by atoms with Crippen molar-refractivity contribution in [1.82, 2.24) is 20.9 Å². The van der Waals surface area contributed by atoms with Crippen molar-refractivity contribution < 1.29 is 33.0 Å². The maximum Gasteiger partial charge on any atom is 0.407 e. The summed E-state index contributed by atoms with van der Waals surface area (Å²) < 4.78 is 30.0. The van der Waals surface area contributed by atoms with Gasteiger partial charge in [-0.3, -0.25) is 14.6 Å². The van der Waals surface area contributed by atoms with Gasteiger partial charge in [-0.15, -0.1) is 0 Å². The van der Waals surface area contributed by atoms with E-state index in [-0.39, 0.29) is 36.7 Å². The van der Waals surface area contributed by atoms with E-state index in [1.165, 1.54) is 31.5 Å². The highest BCUT2D eigenvalue weighted by atomic mass is 19.1. The number of benzene rings is 1. The molecule has 204 valence electrons. The maximum atomic E-state index is 14.0. The molecule has 0 aliphatic carbocycles. The van der Waals surface area contributed by atoms with Gasteiger partial charge < -0.3 is 35.5 Å². The van der Waals surface area contributed by atoms with Crippen LogP contribution in [0.3, 0.4) is 0 Å². The molecule has 0 spiro atoms. The highest BCUT2D eigenvalue weighted by molar-refractivity contribution is 6.23. The SMILES string of the molecule is COc1c(F)cccc1NC(=O)C1=C(NCc2ccncc2OCCNC(=O)OC(C)(C)C)CCNC1=O. The molecule has 0 atom stereocenters. The molecule has 0 fully saturated rings. The zero-order chi connectivity index (χ0) is 27.7. The number of hydrogen-bond acceptors (Lipinski definition) is 8. The molecule has 0 saturated heterocycles. The van der Waals surface area contributed by atoms with Crippen molar-refractivity contribution in [2.75, 3.05) is 32.1 Å². The molecular weight excluding hydrogens is 497 g/mol. The second-order valence-electron chi connectivity index (χ2n) is 9.25. The summed E-state index contributed by atoms with van der Waals surface area (Å²) in [5, 5.41) is 11.0. The second kappa shape index (κ2) is 12.7. The van der Waals surface area contributed by atoms with Crippen LogP contribution >= 0.6 is 0 Å². The van der Waals surface area contributed by atoms with Crippen LogP contribution in [-0.2, 0) is 20.9 Å². The van der Waals surface area contributed by atoms with Crippen LogP contribution in [0.2, 0.25) is 0 Å². The van der Waals surface area contributed by atoms with E-state index in [4.69, 9.17) is 14.2 Å². The lowest BCUT2D eigenvalue weighted by Gasteiger charge is -2.22. The molecule has 1 aliphatic rings. The fraction of sp³-hybridized carbons (Fsp3) is 0.385. The first kappa shape index (κ1) is 28.2. The fourth-order valence-corrected chi connectivity index (χ4v) is 3.58. The summed E-state index contributed by atoms with van der Waals surface area (Å²) in [5.74, 6) is -1.55. The minimum absolute atomic E-state index is 0.104. The lowest BCUT2D eigenvalue weighted by atomic mass is 10.1. The number of nitrogens with one attached hydrogen (secondary N) is 4. The number of carbonyl (C=O) groups is 3. The number of amides is 3. The minimum Gasteiger partial charge on any atom is -0.492 e. The Morgan fingerprint density at radius 3 is 2.74 bits per heavy atom. The third-order valence-corrected chi connectivity index (χ3v) is 5.23. The van der Waals surface area contributed by atoms with E-state index in [0.29, 0.717) is 24.4 Å². The molecule has 0 unspecified atom stereocenters. The van der Waals surface area contributed by atoms with Gasteiger partial charge in [-0.2, -0.15) is 0 Å². The smallest absolute Gasteiger partial charge is 0.407 e. The van der Waals surface area contributed by atoms with Crippen molar-refractivity contribution in [3.05, 3.63) is 59.3 Å². The van der Waals surface area contributed by atoms with E-state index < -0.39 is 29.3 Å². The molecule has 4 N–H and O–H groups in total. The zero-order valence-corrected chi connectivity index (χ0v) is 21.8. The van der Waals surface area contributed by atoms with Crippen LogP contribution in [0.15, 0.2) is 47.9 Å². The van der Waals surface area contributed by atoms with Gasteiger partial charge in [0.25, 0.3) is 11.8 Å². The summed E-state index contributed by atoms with van der Waals surface area (Å²) in [5.41, 5.74) is 0.545. The first-order valence-corrected chi connectivity index (χ1v) is 12.0. The van der Waals surface area contributed by atoms with Crippen LogP contribution in [0.1, 0.15) is 32.8 Å². The van der Waals surface area contributed by atoms with Gasteiger partial charge in [0.2, 0.25) is 0 Å². The number of pyridine rings is 1. The molecule has 1 aliphatic heterocycles. The molecule has 0 bridgehead atoms. The minimum atomic E-state index is -0.701. The Morgan fingerprint density at radius 2 is 2.00 bits per heavy atom. The van der Waals surface area contributed by atoms with Crippen molar-refractivity contribution >= 4 is 23.6 Å². The molecule has 2 heterocycles. The first-order valence-electron chi connectivity index (χ1n) is 12.0. The van der Waals surface area contributed by atoms with Gasteiger partial charge in [0, 0.05) is 37.0 Å². The van der Waals surface area contributed by atoms with Crippen molar-refractivity contribution in [2.45, 2.75) is 39.3 Å². The summed E-state index contributed by atoms with van der Waals surface area (Å²) in [7, 11) is 1.29. The molecule has 11 nitrogen and oxygen atoms in total. The van der Waals surface area contributed by atoms with Crippen molar-refractivity contribution in [2.24, 2.45) is 0 Å². The number of para-hydroxylation sites is 1. The molecule has 12 heteroatoms. The molecule has 0 radical (unpaired) electrons. The van der Waals surface area contributed by atoms with E-state index in [0.717, 1.165) is 5.56 Å². The van der Waals surface area contributed by atoms with Crippen LogP contribution in [0, 0.1) is 5.82 Å². The van der Waals surface area contributed by atoms with Crippen LogP contribution < -0.4 is 30.7 Å². The second-order valence-corrected chi connectivity index (χ2v) is 9.25. The van der Waals surface area contributed by atoms with E-state index >= 15 is 0 Å². The van der Waals surface area contributed by atoms with E-state index in [1.807, 2.05) is 0 Å². The van der Waals surface area contributed by atoms with Gasteiger partial charge in [0.15, 0.2) is 11.6 Å². The third-order valence-electron chi connectivity index (χ3n) is 5.23. The Kier molecular flexibility index (Phi) is 9.47. The van der Waals surface area contributed by atoms with Crippen molar-refractivity contribution in [3.8, 4) is 11.5 Å². The lowest BCUT2D eigenvalue weighted by Crippen LogP contribution is -2.40. The lowest BCUT2D eigenvalue weighted by molar-refractivity contribution is -0.122. The summed E-state index contributed by atoms with van der Waals surface area (Å²) in [6.07, 6.45) is 2.97. The fourth-order valence-electron chi connectivity index (χ4n) is 3.58. The Labute approximate surface area is 220 Å². The topological polar surface area (TPSA) is 140 Å². The molecule has 1 aromatic heterocycles.